The van der Waals surface area contributed by atoms with Crippen LogP contribution in [-0.4, -0.2) is 11.7 Å². The molecule has 3 heteroatoms. The van der Waals surface area contributed by atoms with Crippen molar-refractivity contribution in [3.8, 4) is 0 Å². The van der Waals surface area contributed by atoms with Gasteiger partial charge in [-0.3, -0.25) is 9.59 Å². The molecular formula is C23H23NO2. The van der Waals surface area contributed by atoms with E-state index in [9.17, 15) is 9.59 Å². The second kappa shape index (κ2) is 7.96. The minimum atomic E-state index is -0.0180. The molecular weight excluding hydrogens is 322 g/mol. The number of fused-ring (bicyclic) bond motifs is 1. The number of Topliss-reactive ketones (excluding diaryl/α,β-unsaturated/α-hetero) is 1. The van der Waals surface area contributed by atoms with Crippen molar-refractivity contribution in [1.82, 2.24) is 5.32 Å². The molecule has 26 heavy (non-hydrogen) atoms. The van der Waals surface area contributed by atoms with Crippen LogP contribution in [0.2, 0.25) is 0 Å². The summed E-state index contributed by atoms with van der Waals surface area (Å²) in [5, 5.41) is 5.34. The molecule has 0 spiro atoms. The van der Waals surface area contributed by atoms with Crippen molar-refractivity contribution in [2.75, 3.05) is 0 Å². The smallest absolute Gasteiger partial charge is 0.224 e. The lowest BCUT2D eigenvalue weighted by molar-refractivity contribution is -0.120. The molecule has 0 atom stereocenters. The van der Waals surface area contributed by atoms with Gasteiger partial charge in [0.25, 0.3) is 0 Å². The number of amides is 1. The van der Waals surface area contributed by atoms with Crippen molar-refractivity contribution in [1.29, 1.82) is 0 Å². The molecule has 3 nitrogen and oxygen atoms in total. The molecule has 0 saturated carbocycles. The average Bonchev–Trinajstić information content (AvgIpc) is 2.66. The third kappa shape index (κ3) is 3.99. The number of ketones is 1. The standard InChI is InChI=1S/C23H23NO2/c1-3-18-13-17(11-12-21(18)16(2)25)14-23(26)24-15-20-9-6-8-19-7-4-5-10-22(19)20/h4-13H,3,14-15H2,1-2H3,(H,24,26). The van der Waals surface area contributed by atoms with Gasteiger partial charge in [0.05, 0.1) is 6.42 Å². The largest absolute Gasteiger partial charge is 0.352 e. The van der Waals surface area contributed by atoms with Crippen LogP contribution in [0, 0.1) is 0 Å². The number of carbonyl (C=O) groups excluding carboxylic acids is 2. The van der Waals surface area contributed by atoms with E-state index in [0.717, 1.165) is 34.1 Å². The van der Waals surface area contributed by atoms with Crippen molar-refractivity contribution in [3.05, 3.63) is 82.9 Å². The fraction of sp³-hybridized carbons (Fsp3) is 0.217. The van der Waals surface area contributed by atoms with Crippen LogP contribution in [0.15, 0.2) is 60.7 Å². The van der Waals surface area contributed by atoms with Gasteiger partial charge in [0.1, 0.15) is 0 Å². The molecule has 132 valence electrons. The van der Waals surface area contributed by atoms with Gasteiger partial charge in [-0.25, -0.2) is 0 Å². The normalized spacial score (nSPS) is 10.7. The highest BCUT2D eigenvalue weighted by Gasteiger charge is 2.10. The maximum absolute atomic E-state index is 12.4. The first-order valence-corrected chi connectivity index (χ1v) is 8.94. The van der Waals surface area contributed by atoms with E-state index in [-0.39, 0.29) is 11.7 Å². The molecule has 0 aromatic heterocycles. The van der Waals surface area contributed by atoms with Gasteiger partial charge in [0, 0.05) is 12.1 Å². The van der Waals surface area contributed by atoms with Gasteiger partial charge in [-0.2, -0.15) is 0 Å². The zero-order chi connectivity index (χ0) is 18.5. The highest BCUT2D eigenvalue weighted by atomic mass is 16.1. The summed E-state index contributed by atoms with van der Waals surface area (Å²) in [4.78, 5) is 24.0. The Hall–Kier alpha value is -2.94. The van der Waals surface area contributed by atoms with E-state index in [4.69, 9.17) is 0 Å². The first-order valence-electron chi connectivity index (χ1n) is 8.94. The molecule has 0 unspecified atom stereocenters. The van der Waals surface area contributed by atoms with Gasteiger partial charge < -0.3 is 5.32 Å². The predicted molar refractivity (Wildman–Crippen MR) is 105 cm³/mol. The summed E-state index contributed by atoms with van der Waals surface area (Å²) >= 11 is 0. The third-order valence-electron chi connectivity index (χ3n) is 4.65. The van der Waals surface area contributed by atoms with Gasteiger partial charge in [-0.1, -0.05) is 67.6 Å². The maximum atomic E-state index is 12.4. The van der Waals surface area contributed by atoms with Crippen LogP contribution in [0.3, 0.4) is 0 Å². The average molecular weight is 345 g/mol. The number of rotatable bonds is 6. The number of aryl methyl sites for hydroxylation is 1. The van der Waals surface area contributed by atoms with Crippen LogP contribution in [0.25, 0.3) is 10.8 Å². The highest BCUT2D eigenvalue weighted by molar-refractivity contribution is 5.95. The predicted octanol–water partition coefficient (Wildman–Crippen LogP) is 4.46. The second-order valence-corrected chi connectivity index (χ2v) is 6.49. The van der Waals surface area contributed by atoms with Gasteiger partial charge in [0.15, 0.2) is 5.78 Å². The molecule has 3 aromatic rings. The molecule has 0 bridgehead atoms. The fourth-order valence-electron chi connectivity index (χ4n) is 3.28. The fourth-order valence-corrected chi connectivity index (χ4v) is 3.28. The molecule has 0 saturated heterocycles. The monoisotopic (exact) mass is 345 g/mol. The van der Waals surface area contributed by atoms with Gasteiger partial charge in [0.2, 0.25) is 5.91 Å². The van der Waals surface area contributed by atoms with E-state index in [1.807, 2.05) is 49.4 Å². The Morgan fingerprint density at radius 3 is 2.46 bits per heavy atom. The van der Waals surface area contributed by atoms with Crippen molar-refractivity contribution < 1.29 is 9.59 Å². The van der Waals surface area contributed by atoms with Crippen LogP contribution in [-0.2, 0) is 24.2 Å². The molecule has 1 N–H and O–H groups in total. The van der Waals surface area contributed by atoms with Gasteiger partial charge in [-0.15, -0.1) is 0 Å². The Balaban J connectivity index is 1.68. The summed E-state index contributed by atoms with van der Waals surface area (Å²) in [7, 11) is 0. The summed E-state index contributed by atoms with van der Waals surface area (Å²) in [6.45, 7) is 4.10. The van der Waals surface area contributed by atoms with E-state index in [2.05, 4.69) is 23.5 Å². The molecule has 0 heterocycles. The van der Waals surface area contributed by atoms with Crippen LogP contribution in [0.1, 0.15) is 40.9 Å². The minimum Gasteiger partial charge on any atom is -0.352 e. The second-order valence-electron chi connectivity index (χ2n) is 6.49. The first kappa shape index (κ1) is 17.9. The van der Waals surface area contributed by atoms with Crippen molar-refractivity contribution >= 4 is 22.5 Å². The number of nitrogens with one attached hydrogen (secondary N) is 1. The number of carbonyl (C=O) groups is 2. The molecule has 0 fully saturated rings. The molecule has 0 aliphatic rings. The SMILES string of the molecule is CCc1cc(CC(=O)NCc2cccc3ccccc23)ccc1C(C)=O. The van der Waals surface area contributed by atoms with Gasteiger partial charge >= 0.3 is 0 Å². The minimum absolute atomic E-state index is 0.0180. The van der Waals surface area contributed by atoms with Gasteiger partial charge in [-0.05, 0) is 40.8 Å². The quantitative estimate of drug-likeness (QED) is 0.670. The van der Waals surface area contributed by atoms with E-state index >= 15 is 0 Å². The Bertz CT molecular complexity index is 954. The lowest BCUT2D eigenvalue weighted by Crippen LogP contribution is -2.24. The lowest BCUT2D eigenvalue weighted by atomic mass is 9.98. The summed E-state index contributed by atoms with van der Waals surface area (Å²) in [5.41, 5.74) is 3.78. The van der Waals surface area contributed by atoms with E-state index in [0.29, 0.717) is 13.0 Å². The van der Waals surface area contributed by atoms with Crippen LogP contribution < -0.4 is 5.32 Å². The van der Waals surface area contributed by atoms with Crippen LogP contribution >= 0.6 is 0 Å². The molecule has 0 aliphatic carbocycles. The zero-order valence-electron chi connectivity index (χ0n) is 15.2. The lowest BCUT2D eigenvalue weighted by Gasteiger charge is -2.10. The van der Waals surface area contributed by atoms with E-state index in [1.54, 1.807) is 6.92 Å². The number of hydrogen-bond donors (Lipinski definition) is 1. The van der Waals surface area contributed by atoms with Crippen molar-refractivity contribution in [3.63, 3.8) is 0 Å². The third-order valence-corrected chi connectivity index (χ3v) is 4.65. The molecule has 0 radical (unpaired) electrons. The first-order chi connectivity index (χ1) is 12.6. The van der Waals surface area contributed by atoms with E-state index in [1.165, 1.54) is 5.39 Å². The maximum Gasteiger partial charge on any atom is 0.224 e. The zero-order valence-corrected chi connectivity index (χ0v) is 15.2. The Kier molecular flexibility index (Phi) is 5.47. The molecule has 3 aromatic carbocycles. The molecule has 1 amide bonds. The number of benzene rings is 3. The van der Waals surface area contributed by atoms with Crippen molar-refractivity contribution in [2.45, 2.75) is 33.2 Å². The summed E-state index contributed by atoms with van der Waals surface area (Å²) in [5.74, 6) is 0.0457. The Labute approximate surface area is 154 Å². The van der Waals surface area contributed by atoms with Crippen LogP contribution in [0.4, 0.5) is 0 Å². The van der Waals surface area contributed by atoms with E-state index < -0.39 is 0 Å². The summed E-state index contributed by atoms with van der Waals surface area (Å²) in [6, 6.07) is 20.0. The Morgan fingerprint density at radius 2 is 1.69 bits per heavy atom. The Morgan fingerprint density at radius 1 is 0.923 bits per heavy atom. The van der Waals surface area contributed by atoms with Crippen LogP contribution in [0.5, 0.6) is 0 Å². The molecule has 3 rings (SSSR count). The number of hydrogen-bond acceptors (Lipinski definition) is 2. The summed E-state index contributed by atoms with van der Waals surface area (Å²) in [6.07, 6.45) is 1.09. The van der Waals surface area contributed by atoms with Crippen molar-refractivity contribution in [2.24, 2.45) is 0 Å². The summed E-state index contributed by atoms with van der Waals surface area (Å²) < 4.78 is 0. The topological polar surface area (TPSA) is 46.2 Å². The highest BCUT2D eigenvalue weighted by Crippen LogP contribution is 2.18. The molecule has 0 aliphatic heterocycles.